The van der Waals surface area contributed by atoms with Crippen LogP contribution in [0.25, 0.3) is 0 Å². The highest BCUT2D eigenvalue weighted by Crippen LogP contribution is 2.17. The summed E-state index contributed by atoms with van der Waals surface area (Å²) in [5, 5.41) is 11.5. The number of rotatable bonds is 3. The molecule has 4 heteroatoms. The van der Waals surface area contributed by atoms with Gasteiger partial charge in [0.05, 0.1) is 11.3 Å². The summed E-state index contributed by atoms with van der Waals surface area (Å²) in [6.07, 6.45) is 0. The molecular formula is C12H14N2O2. The van der Waals surface area contributed by atoms with Gasteiger partial charge in [-0.3, -0.25) is 4.79 Å². The summed E-state index contributed by atoms with van der Waals surface area (Å²) in [6.45, 7) is 3.33. The number of amides is 1. The van der Waals surface area contributed by atoms with Gasteiger partial charge in [-0.25, -0.2) is 0 Å². The lowest BCUT2D eigenvalue weighted by atomic mass is 10.1. The number of carbonyl (C=O) groups is 1. The van der Waals surface area contributed by atoms with Gasteiger partial charge in [0.2, 0.25) is 0 Å². The maximum Gasteiger partial charge on any atom is 0.256 e. The lowest BCUT2D eigenvalue weighted by Crippen LogP contribution is -2.38. The third-order valence-corrected chi connectivity index (χ3v) is 2.35. The molecule has 4 nitrogen and oxygen atoms in total. The van der Waals surface area contributed by atoms with Crippen LogP contribution in [0.1, 0.15) is 19.4 Å². The fraction of sp³-hybridized carbons (Fsp3) is 0.333. The Morgan fingerprint density at radius 2 is 2.06 bits per heavy atom. The molecule has 16 heavy (non-hydrogen) atoms. The van der Waals surface area contributed by atoms with E-state index >= 15 is 0 Å². The summed E-state index contributed by atoms with van der Waals surface area (Å²) < 4.78 is 5.05. The molecule has 0 fully saturated rings. The third-order valence-electron chi connectivity index (χ3n) is 2.35. The Hall–Kier alpha value is -1.86. The van der Waals surface area contributed by atoms with E-state index in [4.69, 9.17) is 10.00 Å². The highest BCUT2D eigenvalue weighted by molar-refractivity contribution is 5.97. The zero-order valence-corrected chi connectivity index (χ0v) is 9.57. The van der Waals surface area contributed by atoms with Crippen LogP contribution in [0.3, 0.4) is 0 Å². The van der Waals surface area contributed by atoms with Crippen LogP contribution in [0.2, 0.25) is 0 Å². The highest BCUT2D eigenvalue weighted by atomic mass is 16.5. The van der Waals surface area contributed by atoms with E-state index in [1.54, 1.807) is 38.1 Å². The molecule has 0 saturated heterocycles. The predicted molar refractivity (Wildman–Crippen MR) is 60.9 cm³/mol. The number of hydrogen-bond acceptors (Lipinski definition) is 3. The number of nitrogens with zero attached hydrogens (tertiary/aromatic N) is 1. The van der Waals surface area contributed by atoms with Gasteiger partial charge in [-0.05, 0) is 26.0 Å². The van der Waals surface area contributed by atoms with Crippen molar-refractivity contribution in [3.8, 4) is 6.07 Å². The molecular weight excluding hydrogens is 204 g/mol. The summed E-state index contributed by atoms with van der Waals surface area (Å²) in [5.41, 5.74) is 0.0191. The number of ether oxygens (including phenoxy) is 1. The molecule has 0 atom stereocenters. The van der Waals surface area contributed by atoms with Crippen LogP contribution >= 0.6 is 0 Å². The number of hydrogen-bond donors (Lipinski definition) is 1. The van der Waals surface area contributed by atoms with Crippen molar-refractivity contribution in [1.82, 2.24) is 0 Å². The minimum Gasteiger partial charge on any atom is -0.369 e. The average molecular weight is 218 g/mol. The fourth-order valence-corrected chi connectivity index (χ4v) is 1.06. The van der Waals surface area contributed by atoms with E-state index in [0.29, 0.717) is 11.3 Å². The van der Waals surface area contributed by atoms with Crippen LogP contribution in [0.5, 0.6) is 0 Å². The highest BCUT2D eigenvalue weighted by Gasteiger charge is 2.27. The molecule has 0 aliphatic rings. The first-order valence-corrected chi connectivity index (χ1v) is 4.87. The smallest absolute Gasteiger partial charge is 0.256 e. The molecule has 0 bridgehead atoms. The number of benzene rings is 1. The molecule has 0 aliphatic heterocycles. The Kier molecular flexibility index (Phi) is 3.64. The summed E-state index contributed by atoms with van der Waals surface area (Å²) in [6, 6.07) is 8.85. The number of nitrogens with one attached hydrogen (secondary N) is 1. The second kappa shape index (κ2) is 4.77. The van der Waals surface area contributed by atoms with E-state index in [1.807, 2.05) is 6.07 Å². The van der Waals surface area contributed by atoms with Crippen LogP contribution in [0.4, 0.5) is 5.69 Å². The number of methoxy groups -OCH3 is 1. The predicted octanol–water partition coefficient (Wildman–Crippen LogP) is 1.92. The van der Waals surface area contributed by atoms with Gasteiger partial charge in [0.15, 0.2) is 0 Å². The zero-order chi connectivity index (χ0) is 12.2. The van der Waals surface area contributed by atoms with Gasteiger partial charge in [0.1, 0.15) is 11.7 Å². The maximum atomic E-state index is 11.8. The fourth-order valence-electron chi connectivity index (χ4n) is 1.06. The van der Waals surface area contributed by atoms with Crippen LogP contribution < -0.4 is 5.32 Å². The Balaban J connectivity index is 2.90. The normalized spacial score (nSPS) is 10.6. The SMILES string of the molecule is COC(C)(C)C(=O)Nc1ccccc1C#N. The monoisotopic (exact) mass is 218 g/mol. The standard InChI is InChI=1S/C12H14N2O2/c1-12(2,16-3)11(15)14-10-7-5-4-6-9(10)8-13/h4-7H,1-3H3,(H,14,15). The number of nitriles is 1. The quantitative estimate of drug-likeness (QED) is 0.843. The molecule has 1 rings (SSSR count). The van der Waals surface area contributed by atoms with Crippen molar-refractivity contribution < 1.29 is 9.53 Å². The molecule has 0 unspecified atom stereocenters. The van der Waals surface area contributed by atoms with E-state index in [2.05, 4.69) is 5.32 Å². The largest absolute Gasteiger partial charge is 0.369 e. The van der Waals surface area contributed by atoms with Gasteiger partial charge >= 0.3 is 0 Å². The first kappa shape index (κ1) is 12.2. The molecule has 0 saturated carbocycles. The van der Waals surface area contributed by atoms with Crippen molar-refractivity contribution in [1.29, 1.82) is 5.26 Å². The average Bonchev–Trinajstić information content (AvgIpc) is 2.29. The lowest BCUT2D eigenvalue weighted by Gasteiger charge is -2.21. The molecule has 1 aromatic carbocycles. The van der Waals surface area contributed by atoms with Crippen LogP contribution in [-0.2, 0) is 9.53 Å². The van der Waals surface area contributed by atoms with Crippen molar-refractivity contribution >= 4 is 11.6 Å². The van der Waals surface area contributed by atoms with E-state index in [1.165, 1.54) is 7.11 Å². The lowest BCUT2D eigenvalue weighted by molar-refractivity contribution is -0.133. The first-order valence-electron chi connectivity index (χ1n) is 4.87. The van der Waals surface area contributed by atoms with Crippen LogP contribution in [-0.4, -0.2) is 18.6 Å². The minimum absolute atomic E-state index is 0.280. The minimum atomic E-state index is -0.914. The van der Waals surface area contributed by atoms with E-state index in [-0.39, 0.29) is 5.91 Å². The summed E-state index contributed by atoms with van der Waals surface area (Å²) in [4.78, 5) is 11.8. The van der Waals surface area contributed by atoms with Crippen LogP contribution in [0.15, 0.2) is 24.3 Å². The molecule has 0 aromatic heterocycles. The topological polar surface area (TPSA) is 62.1 Å². The zero-order valence-electron chi connectivity index (χ0n) is 9.57. The molecule has 0 heterocycles. The molecule has 0 radical (unpaired) electrons. The summed E-state index contributed by atoms with van der Waals surface area (Å²) in [7, 11) is 1.47. The number of carbonyl (C=O) groups excluding carboxylic acids is 1. The van der Waals surface area contributed by atoms with Gasteiger partial charge < -0.3 is 10.1 Å². The molecule has 1 N–H and O–H groups in total. The molecule has 84 valence electrons. The van der Waals surface area contributed by atoms with E-state index in [0.717, 1.165) is 0 Å². The summed E-state index contributed by atoms with van der Waals surface area (Å²) in [5.74, 6) is -0.280. The molecule has 0 spiro atoms. The maximum absolute atomic E-state index is 11.8. The van der Waals surface area contributed by atoms with Gasteiger partial charge in [-0.15, -0.1) is 0 Å². The van der Waals surface area contributed by atoms with Gasteiger partial charge in [0.25, 0.3) is 5.91 Å². The van der Waals surface area contributed by atoms with Gasteiger partial charge in [-0.2, -0.15) is 5.26 Å². The van der Waals surface area contributed by atoms with E-state index < -0.39 is 5.60 Å². The Morgan fingerprint density at radius 1 is 1.44 bits per heavy atom. The second-order valence-corrected chi connectivity index (χ2v) is 3.83. The molecule has 0 aliphatic carbocycles. The summed E-state index contributed by atoms with van der Waals surface area (Å²) >= 11 is 0. The van der Waals surface area contributed by atoms with Gasteiger partial charge in [-0.1, -0.05) is 12.1 Å². The van der Waals surface area contributed by atoms with Crippen molar-refractivity contribution in [3.63, 3.8) is 0 Å². The first-order chi connectivity index (χ1) is 7.51. The van der Waals surface area contributed by atoms with Crippen molar-refractivity contribution in [2.45, 2.75) is 19.4 Å². The Morgan fingerprint density at radius 3 is 2.62 bits per heavy atom. The second-order valence-electron chi connectivity index (χ2n) is 3.83. The van der Waals surface area contributed by atoms with Crippen molar-refractivity contribution in [2.75, 3.05) is 12.4 Å². The molecule has 1 aromatic rings. The number of para-hydroxylation sites is 1. The third kappa shape index (κ3) is 2.59. The van der Waals surface area contributed by atoms with Crippen LogP contribution in [0, 0.1) is 11.3 Å². The van der Waals surface area contributed by atoms with E-state index in [9.17, 15) is 4.79 Å². The Bertz CT molecular complexity index is 433. The van der Waals surface area contributed by atoms with Crippen molar-refractivity contribution in [3.05, 3.63) is 29.8 Å². The van der Waals surface area contributed by atoms with Crippen molar-refractivity contribution in [2.24, 2.45) is 0 Å². The Labute approximate surface area is 94.8 Å². The number of anilines is 1. The molecule has 1 amide bonds. The van der Waals surface area contributed by atoms with Gasteiger partial charge in [0, 0.05) is 7.11 Å².